The molecular weight excluding hydrogens is 2390 g/mol. The van der Waals surface area contributed by atoms with Gasteiger partial charge in [0.15, 0.2) is 0 Å². The van der Waals surface area contributed by atoms with Crippen molar-refractivity contribution in [2.24, 2.45) is 0 Å². The van der Waals surface area contributed by atoms with E-state index in [4.69, 9.17) is 47.4 Å². The van der Waals surface area contributed by atoms with Crippen LogP contribution in [-0.2, 0) is 105 Å². The summed E-state index contributed by atoms with van der Waals surface area (Å²) in [5, 5.41) is 0. The summed E-state index contributed by atoms with van der Waals surface area (Å²) >= 11 is 0. The van der Waals surface area contributed by atoms with Crippen molar-refractivity contribution in [3.8, 4) is 125 Å². The normalized spacial score (nSPS) is 10.6. The zero-order chi connectivity index (χ0) is 82.8. The topological polar surface area (TPSA) is 157 Å². The average molecular weight is 2510 g/mol. The van der Waals surface area contributed by atoms with Crippen molar-refractivity contribution < 1.29 is 153 Å². The van der Waals surface area contributed by atoms with Crippen LogP contribution in [0.25, 0.3) is 56.3 Å². The molecule has 12 aromatic rings. The summed E-state index contributed by atoms with van der Waals surface area (Å²) in [4.78, 5) is 22.2. The van der Waals surface area contributed by atoms with Crippen LogP contribution in [0.3, 0.4) is 0 Å². The van der Waals surface area contributed by atoms with Crippen LogP contribution in [0.2, 0.25) is 0 Å². The Kier molecular flexibility index (Phi) is 44.8. The number of para-hydroxylation sites is 2. The molecule has 0 aliphatic rings. The maximum atomic E-state index is 6.10. The van der Waals surface area contributed by atoms with Gasteiger partial charge >= 0.3 is 0 Å². The molecule has 0 saturated heterocycles. The molecule has 0 atom stereocenters. The molecule has 0 N–H and O–H groups in total. The van der Waals surface area contributed by atoms with Crippen molar-refractivity contribution >= 4 is 0 Å². The fourth-order valence-corrected chi connectivity index (χ4v) is 11.2. The van der Waals surface area contributed by atoms with Crippen LogP contribution < -0.4 is 47.4 Å². The van der Waals surface area contributed by atoms with E-state index in [-0.39, 0.29) is 147 Å². The molecule has 0 unspecified atom stereocenters. The van der Waals surface area contributed by atoms with Crippen molar-refractivity contribution in [1.82, 2.24) is 24.9 Å². The van der Waals surface area contributed by atoms with Crippen molar-refractivity contribution in [1.29, 1.82) is 0 Å². The summed E-state index contributed by atoms with van der Waals surface area (Å²) < 4.78 is 59.3. The first-order valence-electron chi connectivity index (χ1n) is 38.9. The minimum absolute atomic E-state index is 0. The van der Waals surface area contributed by atoms with E-state index < -0.39 is 0 Å². The Balaban J connectivity index is 0.000000381. The van der Waals surface area contributed by atoms with Gasteiger partial charge < -0.3 is 72.3 Å². The molecule has 119 heavy (non-hydrogen) atoms. The number of ether oxygens (including phenoxy) is 10. The number of benzene rings is 7. The van der Waals surface area contributed by atoms with Gasteiger partial charge in [0.25, 0.3) is 0 Å². The number of aryl methyl sites for hydroxylation is 5. The molecule has 0 aliphatic carbocycles. The van der Waals surface area contributed by atoms with Crippen LogP contribution in [0.4, 0.5) is 0 Å². The predicted molar refractivity (Wildman–Crippen MR) is 459 cm³/mol. The van der Waals surface area contributed by atoms with Crippen LogP contribution in [-0.4, -0.2) is 73.2 Å². The zero-order valence-corrected chi connectivity index (χ0v) is 83.9. The number of rotatable bonds is 23. The third-order valence-electron chi connectivity index (χ3n) is 16.0. The smallest absolute Gasteiger partial charge is 0.114 e. The van der Waals surface area contributed by atoms with Crippen LogP contribution in [0.5, 0.6) is 69.0 Å². The third-order valence-corrected chi connectivity index (χ3v) is 16.0. The SMILES string of the molecule is CCOc1c[c-]c(-c2cc(C)ccn2)c(OC(C)C)c1.Cc1ccnc(-c2[c-]cc(OC(C)(C)C)c(C)c2OC(C)C)c1.Cc1ccnc(-c2[c-]cc(OC(C)(C)C)cc2OC(C)C)c1.Cc1ccnc(-c2[c-]cc(Oc3ccccc3)c(C)c2OC(C)C)c1.Cc1ccnc(-c2[c-]cc(Oc3ccccc3)cc2OC(C)C)c1.[Pt].[Pt].[Pt].[Pt].[Pt]. The van der Waals surface area contributed by atoms with Gasteiger partial charge in [-0.3, -0.25) is 0 Å². The summed E-state index contributed by atoms with van der Waals surface area (Å²) in [6, 6.07) is 70.7. The van der Waals surface area contributed by atoms with Crippen LogP contribution >= 0.6 is 0 Å². The van der Waals surface area contributed by atoms with E-state index in [9.17, 15) is 0 Å². The molecule has 648 valence electrons. The minimum Gasteiger partial charge on any atom is -0.537 e. The van der Waals surface area contributed by atoms with E-state index in [0.29, 0.717) is 12.4 Å². The largest absolute Gasteiger partial charge is 0.537 e. The van der Waals surface area contributed by atoms with Crippen LogP contribution in [0.15, 0.2) is 201 Å². The van der Waals surface area contributed by atoms with Gasteiger partial charge in [-0.1, -0.05) is 166 Å². The second kappa shape index (κ2) is 50.8. The molecule has 0 aliphatic heterocycles. The van der Waals surface area contributed by atoms with Crippen molar-refractivity contribution in [3.63, 3.8) is 0 Å². The quantitative estimate of drug-likeness (QED) is 0.0557. The summed E-state index contributed by atoms with van der Waals surface area (Å²) in [7, 11) is 0. The van der Waals surface area contributed by atoms with Crippen LogP contribution in [0, 0.1) is 78.8 Å². The average Bonchev–Trinajstić information content (AvgIpc) is 0.810. The molecule has 12 rings (SSSR count). The molecule has 0 saturated carbocycles. The Morgan fingerprint density at radius 3 is 0.908 bits per heavy atom. The maximum absolute atomic E-state index is 6.10. The monoisotopic (exact) mass is 2510 g/mol. The van der Waals surface area contributed by atoms with Crippen molar-refractivity contribution in [2.75, 3.05) is 6.61 Å². The van der Waals surface area contributed by atoms with E-state index >= 15 is 0 Å². The number of hydrogen-bond acceptors (Lipinski definition) is 15. The summed E-state index contributed by atoms with van der Waals surface area (Å²) in [5.74, 6) is 9.07. The molecule has 0 radical (unpaired) electrons. The van der Waals surface area contributed by atoms with Gasteiger partial charge in [0, 0.05) is 188 Å². The maximum Gasteiger partial charge on any atom is 0.114 e. The Morgan fingerprint density at radius 2 is 0.580 bits per heavy atom. The Bertz CT molecular complexity index is 5060. The third kappa shape index (κ3) is 34.6. The van der Waals surface area contributed by atoms with Gasteiger partial charge in [0.1, 0.15) is 11.5 Å². The number of pyridine rings is 5. The van der Waals surface area contributed by atoms with Gasteiger partial charge in [-0.25, -0.2) is 0 Å². The van der Waals surface area contributed by atoms with Crippen molar-refractivity contribution in [2.45, 2.75) is 208 Å². The first-order chi connectivity index (χ1) is 54.2. The van der Waals surface area contributed by atoms with E-state index in [2.05, 4.69) is 62.2 Å². The Labute approximate surface area is 780 Å². The fourth-order valence-electron chi connectivity index (χ4n) is 11.2. The molecule has 0 spiro atoms. The molecule has 0 bridgehead atoms. The second-order valence-corrected chi connectivity index (χ2v) is 30.8. The van der Waals surface area contributed by atoms with Crippen molar-refractivity contribution in [3.05, 3.63) is 270 Å². The van der Waals surface area contributed by atoms with Gasteiger partial charge in [0.2, 0.25) is 0 Å². The van der Waals surface area contributed by atoms with E-state index in [0.717, 1.165) is 158 Å². The summed E-state index contributed by atoms with van der Waals surface area (Å²) in [6.45, 7) is 49.1. The molecule has 0 fully saturated rings. The molecule has 0 amide bonds. The zero-order valence-electron chi connectivity index (χ0n) is 72.5. The second-order valence-electron chi connectivity index (χ2n) is 30.8. The number of aromatic nitrogens is 5. The standard InChI is InChI=1S/C22H22NO2.C21H20NO2.C20H26NO2.C19H24NO2.C17H20NO2.5Pt/c1-15(2)24-22-17(4)21(25-18-8-6-5-7-9-18)11-10-19(22)20-14-16(3)12-13-23-20;1-15(2)23-21-14-18(24-17-7-5-4-6-8-17)9-10-19(21)20-13-16(3)11-12-22-20;1-13(2)22-19-15(4)18(23-20(5,6)7)9-8-16(19)17-12-14(3)10-11-21-17;1-13(2)21-18-12-15(22-19(4,5)6)7-8-16(18)17-11-14(3)9-10-20-17;1-5-19-14-6-7-15(17(11-14)20-12(2)3)16-10-13(4)8-9-18-16;;;;;/h5-9,11-15H,1-4H3;4-9,11-15H,1-3H3;9-13H,1-7H3;7,9-13H,1-6H3;6,8-12H,5H2,1-4H3;;;;;/q5*-1;;;;;. The molecule has 5 aromatic heterocycles. The van der Waals surface area contributed by atoms with Gasteiger partial charge in [0.05, 0.1) is 54.1 Å². The van der Waals surface area contributed by atoms with E-state index in [1.165, 1.54) is 0 Å². The summed E-state index contributed by atoms with van der Waals surface area (Å²) in [5.41, 5.74) is 15.7. The number of hydrogen-bond donors (Lipinski definition) is 0. The van der Waals surface area contributed by atoms with E-state index in [1.54, 1.807) is 24.8 Å². The van der Waals surface area contributed by atoms with Crippen LogP contribution in [0.1, 0.15) is 157 Å². The molecule has 15 nitrogen and oxygen atoms in total. The first kappa shape index (κ1) is 105. The first-order valence-corrected chi connectivity index (χ1v) is 38.9. The molecule has 5 heterocycles. The summed E-state index contributed by atoms with van der Waals surface area (Å²) in [6.07, 6.45) is 9.34. The van der Waals surface area contributed by atoms with Gasteiger partial charge in [-0.05, 0) is 235 Å². The minimum atomic E-state index is -0.267. The predicted octanol–water partition coefficient (Wildman–Crippen LogP) is 25.2. The Morgan fingerprint density at radius 1 is 0.294 bits per heavy atom. The fraction of sp³-hybridized carbons (Fsp3) is 0.323. The molecular formula is C99H112N5O10Pt5-5. The van der Waals surface area contributed by atoms with Gasteiger partial charge in [-0.2, -0.15) is 0 Å². The Hall–Kier alpha value is -8.27. The molecule has 7 aromatic carbocycles. The van der Waals surface area contributed by atoms with Gasteiger partial charge in [-0.15, -0.1) is 60.7 Å². The van der Waals surface area contributed by atoms with E-state index in [1.807, 2.05) is 335 Å². The molecule has 20 heteroatoms. The number of nitrogens with zero attached hydrogens (tertiary/aromatic N) is 5.